The van der Waals surface area contributed by atoms with Gasteiger partial charge in [-0.2, -0.15) is 11.8 Å². The predicted molar refractivity (Wildman–Crippen MR) is 81.8 cm³/mol. The molecule has 1 heterocycles. The molecule has 0 amide bonds. The highest BCUT2D eigenvalue weighted by atomic mass is 79.9. The highest BCUT2D eigenvalue weighted by Gasteiger charge is 2.24. The Labute approximate surface area is 124 Å². The average Bonchev–Trinajstić information content (AvgIpc) is 2.41. The number of anilines is 1. The van der Waals surface area contributed by atoms with Gasteiger partial charge in [-0.1, -0.05) is 0 Å². The van der Waals surface area contributed by atoms with Gasteiger partial charge in [-0.3, -0.25) is 15.1 Å². The summed E-state index contributed by atoms with van der Waals surface area (Å²) in [5.41, 5.74) is 0.578. The topological polar surface area (TPSA) is 68.1 Å². The zero-order valence-electron chi connectivity index (χ0n) is 10.6. The van der Waals surface area contributed by atoms with Crippen molar-refractivity contribution >= 4 is 39.1 Å². The third kappa shape index (κ3) is 3.60. The van der Waals surface area contributed by atoms with Gasteiger partial charge in [0.1, 0.15) is 11.9 Å². The fraction of sp³-hybridized carbons (Fsp3) is 0.583. The number of halogens is 1. The maximum atomic E-state index is 11.0. The lowest BCUT2D eigenvalue weighted by Crippen LogP contribution is -2.27. The number of aromatic nitrogens is 1. The van der Waals surface area contributed by atoms with Crippen molar-refractivity contribution in [2.75, 3.05) is 11.6 Å². The molecule has 0 aromatic carbocycles. The molecule has 1 aliphatic rings. The van der Waals surface area contributed by atoms with Gasteiger partial charge in [0, 0.05) is 17.5 Å². The molecule has 104 valence electrons. The summed E-state index contributed by atoms with van der Waals surface area (Å²) >= 11 is 5.24. The van der Waals surface area contributed by atoms with Gasteiger partial charge in [0.05, 0.1) is 9.40 Å². The van der Waals surface area contributed by atoms with Crippen LogP contribution in [-0.4, -0.2) is 27.5 Å². The van der Waals surface area contributed by atoms with E-state index in [4.69, 9.17) is 0 Å². The van der Waals surface area contributed by atoms with Crippen molar-refractivity contribution in [2.45, 2.75) is 37.0 Å². The lowest BCUT2D eigenvalue weighted by atomic mass is 9.95. The van der Waals surface area contributed by atoms with Crippen molar-refractivity contribution in [1.29, 1.82) is 0 Å². The van der Waals surface area contributed by atoms with E-state index in [1.165, 1.54) is 6.20 Å². The molecule has 5 nitrogen and oxygen atoms in total. The van der Waals surface area contributed by atoms with E-state index in [0.29, 0.717) is 16.2 Å². The molecule has 1 N–H and O–H groups in total. The smallest absolute Gasteiger partial charge is 0.311 e. The SMILES string of the molecule is CSC1CCC(Nc2c(Br)cncc2[N+](=O)[O-])CC1. The van der Waals surface area contributed by atoms with Gasteiger partial charge in [-0.05, 0) is 47.9 Å². The molecule has 1 fully saturated rings. The summed E-state index contributed by atoms with van der Waals surface area (Å²) in [7, 11) is 0. The Bertz CT molecular complexity index is 464. The van der Waals surface area contributed by atoms with Gasteiger partial charge in [-0.25, -0.2) is 0 Å². The lowest BCUT2D eigenvalue weighted by molar-refractivity contribution is -0.384. The molecule has 0 radical (unpaired) electrons. The molecule has 0 saturated heterocycles. The number of nitrogens with one attached hydrogen (secondary N) is 1. The third-order valence-electron chi connectivity index (χ3n) is 3.43. The minimum atomic E-state index is -0.395. The van der Waals surface area contributed by atoms with Crippen LogP contribution in [0.15, 0.2) is 16.9 Å². The first-order chi connectivity index (χ1) is 9.11. The number of thioether (sulfide) groups is 1. The molecule has 0 spiro atoms. The van der Waals surface area contributed by atoms with E-state index < -0.39 is 4.92 Å². The third-order valence-corrected chi connectivity index (χ3v) is 5.17. The molecule has 0 bridgehead atoms. The zero-order valence-corrected chi connectivity index (χ0v) is 13.0. The number of hydrogen-bond acceptors (Lipinski definition) is 5. The number of nitrogens with zero attached hydrogens (tertiary/aromatic N) is 2. The van der Waals surface area contributed by atoms with Crippen LogP contribution in [0.1, 0.15) is 25.7 Å². The summed E-state index contributed by atoms with van der Waals surface area (Å²) in [6.07, 6.45) is 9.45. The van der Waals surface area contributed by atoms with E-state index in [1.54, 1.807) is 6.20 Å². The summed E-state index contributed by atoms with van der Waals surface area (Å²) in [6, 6.07) is 0.306. The molecule has 1 aliphatic carbocycles. The molecular formula is C12H16BrN3O2S. The van der Waals surface area contributed by atoms with Crippen LogP contribution in [0.4, 0.5) is 11.4 Å². The van der Waals surface area contributed by atoms with Crippen molar-refractivity contribution in [3.8, 4) is 0 Å². The Kier molecular flexibility index (Phi) is 5.04. The van der Waals surface area contributed by atoms with Crippen LogP contribution in [0, 0.1) is 10.1 Å². The second-order valence-electron chi connectivity index (χ2n) is 4.63. The fourth-order valence-electron chi connectivity index (χ4n) is 2.35. The second-order valence-corrected chi connectivity index (χ2v) is 6.62. The van der Waals surface area contributed by atoms with E-state index in [9.17, 15) is 10.1 Å². The number of rotatable bonds is 4. The first kappa shape index (κ1) is 14.6. The Morgan fingerprint density at radius 3 is 2.68 bits per heavy atom. The Hall–Kier alpha value is -0.820. The van der Waals surface area contributed by atoms with Gasteiger partial charge in [-0.15, -0.1) is 0 Å². The monoisotopic (exact) mass is 345 g/mol. The summed E-state index contributed by atoms with van der Waals surface area (Å²) in [6.45, 7) is 0. The Balaban J connectivity index is 2.09. The molecule has 0 unspecified atom stereocenters. The first-order valence-electron chi connectivity index (χ1n) is 6.19. The van der Waals surface area contributed by atoms with Crippen LogP contribution in [0.25, 0.3) is 0 Å². The van der Waals surface area contributed by atoms with Crippen molar-refractivity contribution in [1.82, 2.24) is 4.98 Å². The van der Waals surface area contributed by atoms with Crippen LogP contribution in [-0.2, 0) is 0 Å². The van der Waals surface area contributed by atoms with Gasteiger partial charge >= 0.3 is 5.69 Å². The molecule has 1 aromatic rings. The van der Waals surface area contributed by atoms with E-state index in [0.717, 1.165) is 30.9 Å². The number of hydrogen-bond donors (Lipinski definition) is 1. The Morgan fingerprint density at radius 1 is 1.42 bits per heavy atom. The van der Waals surface area contributed by atoms with Crippen molar-refractivity contribution < 1.29 is 4.92 Å². The summed E-state index contributed by atoms with van der Waals surface area (Å²) in [4.78, 5) is 14.5. The fourth-order valence-corrected chi connectivity index (χ4v) is 3.53. The quantitative estimate of drug-likeness (QED) is 0.663. The van der Waals surface area contributed by atoms with Gasteiger partial charge in [0.15, 0.2) is 0 Å². The van der Waals surface area contributed by atoms with Crippen LogP contribution in [0.2, 0.25) is 0 Å². The maximum absolute atomic E-state index is 11.0. The molecule has 7 heteroatoms. The molecule has 1 saturated carbocycles. The molecule has 2 rings (SSSR count). The van der Waals surface area contributed by atoms with Crippen LogP contribution in [0.3, 0.4) is 0 Å². The minimum absolute atomic E-state index is 0.0290. The van der Waals surface area contributed by atoms with Crippen LogP contribution >= 0.6 is 27.7 Å². The van der Waals surface area contributed by atoms with Gasteiger partial charge in [0.25, 0.3) is 0 Å². The van der Waals surface area contributed by atoms with Crippen molar-refractivity contribution in [3.63, 3.8) is 0 Å². The molecule has 1 aromatic heterocycles. The minimum Gasteiger partial charge on any atom is -0.376 e. The largest absolute Gasteiger partial charge is 0.376 e. The normalized spacial score (nSPS) is 23.1. The summed E-state index contributed by atoms with van der Waals surface area (Å²) in [5, 5.41) is 15.1. The average molecular weight is 346 g/mol. The van der Waals surface area contributed by atoms with E-state index in [1.807, 2.05) is 11.8 Å². The van der Waals surface area contributed by atoms with E-state index in [2.05, 4.69) is 32.5 Å². The van der Waals surface area contributed by atoms with Crippen molar-refractivity contribution in [3.05, 3.63) is 27.0 Å². The first-order valence-corrected chi connectivity index (χ1v) is 8.27. The second kappa shape index (κ2) is 6.56. The lowest BCUT2D eigenvalue weighted by Gasteiger charge is -2.28. The number of nitro groups is 1. The van der Waals surface area contributed by atoms with Crippen LogP contribution in [0.5, 0.6) is 0 Å². The summed E-state index contributed by atoms with van der Waals surface area (Å²) in [5.74, 6) is 0. The van der Waals surface area contributed by atoms with Crippen molar-refractivity contribution in [2.24, 2.45) is 0 Å². The standard InChI is InChI=1S/C12H16BrN3O2S/c1-19-9-4-2-8(3-5-9)15-12-10(13)6-14-7-11(12)16(17)18/h6-9H,2-5H2,1H3,(H,14,15). The molecule has 0 atom stereocenters. The molecule has 19 heavy (non-hydrogen) atoms. The maximum Gasteiger partial charge on any atom is 0.311 e. The Morgan fingerprint density at radius 2 is 2.11 bits per heavy atom. The van der Waals surface area contributed by atoms with Gasteiger partial charge in [0.2, 0.25) is 0 Å². The van der Waals surface area contributed by atoms with E-state index in [-0.39, 0.29) is 5.69 Å². The summed E-state index contributed by atoms with van der Waals surface area (Å²) < 4.78 is 0.647. The zero-order chi connectivity index (χ0) is 13.8. The van der Waals surface area contributed by atoms with E-state index >= 15 is 0 Å². The molecule has 0 aliphatic heterocycles. The number of pyridine rings is 1. The van der Waals surface area contributed by atoms with Gasteiger partial charge < -0.3 is 5.32 Å². The predicted octanol–water partition coefficient (Wildman–Crippen LogP) is 3.84. The highest BCUT2D eigenvalue weighted by Crippen LogP contribution is 2.35. The molecular weight excluding hydrogens is 330 g/mol. The highest BCUT2D eigenvalue weighted by molar-refractivity contribution is 9.10. The van der Waals surface area contributed by atoms with Crippen LogP contribution < -0.4 is 5.32 Å².